The van der Waals surface area contributed by atoms with E-state index in [1.165, 1.54) is 15.1 Å². The van der Waals surface area contributed by atoms with Gasteiger partial charge in [0, 0.05) is 25.1 Å². The minimum Gasteiger partial charge on any atom is -0.497 e. The van der Waals surface area contributed by atoms with Crippen molar-refractivity contribution < 1.29 is 35.5 Å². The van der Waals surface area contributed by atoms with E-state index in [1.807, 2.05) is 26.2 Å². The highest BCUT2D eigenvalue weighted by molar-refractivity contribution is 7.92. The van der Waals surface area contributed by atoms with E-state index in [9.17, 15) is 0 Å². The molecule has 19 heteroatoms. The number of nitrogens with two attached hydrogens (primary N) is 1. The van der Waals surface area contributed by atoms with Crippen LogP contribution in [0.25, 0.3) is 33.5 Å². The molecule has 7 aromatic rings. The Morgan fingerprint density at radius 1 is 0.794 bits per heavy atom. The molecule has 0 bridgehead atoms. The Kier molecular flexibility index (Phi) is 12.0. The molecule has 0 aliphatic carbocycles. The number of nitrogen functional groups attached to an aromatic ring is 1. The summed E-state index contributed by atoms with van der Waals surface area (Å²) in [5.41, 5.74) is 9.95. The number of tetrazole rings is 1. The van der Waals surface area contributed by atoms with E-state index in [4.69, 9.17) is 19.9 Å². The fourth-order valence-electron chi connectivity index (χ4n) is 8.03. The molecule has 0 unspecified atom stereocenters. The van der Waals surface area contributed by atoms with Gasteiger partial charge in [-0.15, -0.1) is 5.10 Å². The molecular formula is C44H49N10O7S2+. The number of hydrogen-bond donors (Lipinski definition) is 3. The minimum atomic E-state index is -4.86. The van der Waals surface area contributed by atoms with E-state index in [-0.39, 0.29) is 37.0 Å². The van der Waals surface area contributed by atoms with Gasteiger partial charge in [0.2, 0.25) is 20.0 Å². The molecule has 3 heterocycles. The SMILES string of the molecule is COc1ccc(CN(Cc2ccc(OC)cc2)S(=O)(=O)c2c(S(=O)(=O)N[C@@H]3CC[N+](C)(C)C3)ccc(-c3cccc4[nH]c(N)nc34)c2-c2nnnn2Cc2ccc(OC)cc2)cc1. The molecule has 1 aliphatic rings. The van der Waals surface area contributed by atoms with Gasteiger partial charge in [-0.1, -0.05) is 54.6 Å². The minimum absolute atomic E-state index is 0.00413. The Hall–Kier alpha value is -6.38. The first kappa shape index (κ1) is 43.3. The number of hydrogen-bond acceptors (Lipinski definition) is 12. The van der Waals surface area contributed by atoms with Crippen LogP contribution in [0.15, 0.2) is 113 Å². The van der Waals surface area contributed by atoms with Gasteiger partial charge in [-0.3, -0.25) is 0 Å². The average Bonchev–Trinajstić information content (AvgIpc) is 4.00. The summed E-state index contributed by atoms with van der Waals surface area (Å²) in [7, 11) is -0.714. The Morgan fingerprint density at radius 3 is 1.94 bits per heavy atom. The summed E-state index contributed by atoms with van der Waals surface area (Å²) >= 11 is 0. The highest BCUT2D eigenvalue weighted by Crippen LogP contribution is 2.44. The van der Waals surface area contributed by atoms with Crippen molar-refractivity contribution in [2.75, 3.05) is 54.2 Å². The normalized spacial score (nSPS) is 15.2. The van der Waals surface area contributed by atoms with Crippen LogP contribution in [0.5, 0.6) is 17.2 Å². The molecule has 0 radical (unpaired) electrons. The second-order valence-corrected chi connectivity index (χ2v) is 19.6. The Balaban J connectivity index is 1.41. The quantitative estimate of drug-likeness (QED) is 0.109. The number of fused-ring (bicyclic) bond motifs is 1. The van der Waals surface area contributed by atoms with Gasteiger partial charge in [0.1, 0.15) is 27.0 Å². The third-order valence-corrected chi connectivity index (χ3v) is 14.8. The van der Waals surface area contributed by atoms with Gasteiger partial charge in [-0.05, 0) is 81.2 Å². The van der Waals surface area contributed by atoms with Crippen LogP contribution >= 0.6 is 0 Å². The molecule has 8 rings (SSSR count). The number of quaternary nitrogens is 1. The third-order valence-electron chi connectivity index (χ3n) is 11.2. The van der Waals surface area contributed by atoms with Gasteiger partial charge in [0.25, 0.3) is 0 Å². The standard InChI is InChI=1S/C44H49N10O7S2/c1-54(2)24-23-32(28-54)49-62(55,56)39-22-21-36(37-7-6-8-38-41(37)47-44(45)46-38)40(43-48-50-51-53(43)27-31-13-19-35(61-5)20-14-31)42(39)63(57,58)52(25-29-9-15-33(59-3)16-10-29)26-30-11-17-34(60-4)18-12-30/h6-22,32,49H,23-28H2,1-5H3,(H3,45,46,47)/q+1/t32-/m1/s1. The highest BCUT2D eigenvalue weighted by Gasteiger charge is 2.41. The van der Waals surface area contributed by atoms with Gasteiger partial charge in [0.15, 0.2) is 11.8 Å². The predicted octanol–water partition coefficient (Wildman–Crippen LogP) is 5.06. The molecule has 5 aromatic carbocycles. The molecule has 1 saturated heterocycles. The zero-order chi connectivity index (χ0) is 44.5. The molecule has 63 heavy (non-hydrogen) atoms. The van der Waals surface area contributed by atoms with Crippen LogP contribution in [-0.2, 0) is 39.7 Å². The lowest BCUT2D eigenvalue weighted by atomic mass is 9.97. The third kappa shape index (κ3) is 9.09. The van der Waals surface area contributed by atoms with Crippen LogP contribution in [-0.4, -0.2) is 110 Å². The number of rotatable bonds is 16. The lowest BCUT2D eigenvalue weighted by Crippen LogP contribution is -2.43. The number of para-hydroxylation sites is 1. The van der Waals surface area contributed by atoms with Crippen LogP contribution in [0.1, 0.15) is 23.1 Å². The van der Waals surface area contributed by atoms with Crippen molar-refractivity contribution in [2.45, 2.75) is 41.9 Å². The van der Waals surface area contributed by atoms with Gasteiger partial charge in [-0.25, -0.2) is 31.2 Å². The number of methoxy groups -OCH3 is 3. The summed E-state index contributed by atoms with van der Waals surface area (Å²) in [6.07, 6.45) is 0.559. The van der Waals surface area contributed by atoms with Gasteiger partial charge in [-0.2, -0.15) is 4.31 Å². The fraction of sp³-hybridized carbons (Fsp3) is 0.273. The number of H-pyrrole nitrogens is 1. The van der Waals surface area contributed by atoms with Crippen molar-refractivity contribution in [2.24, 2.45) is 0 Å². The Morgan fingerprint density at radius 2 is 1.38 bits per heavy atom. The van der Waals surface area contributed by atoms with E-state index in [0.717, 1.165) is 12.1 Å². The van der Waals surface area contributed by atoms with Gasteiger partial charge >= 0.3 is 0 Å². The van der Waals surface area contributed by atoms with Crippen molar-refractivity contribution >= 4 is 37.0 Å². The first-order valence-electron chi connectivity index (χ1n) is 20.1. The second kappa shape index (κ2) is 17.4. The van der Waals surface area contributed by atoms with E-state index >= 15 is 16.8 Å². The number of imidazole rings is 1. The number of nitrogens with one attached hydrogen (secondary N) is 2. The van der Waals surface area contributed by atoms with Crippen molar-refractivity contribution in [1.29, 1.82) is 0 Å². The summed E-state index contributed by atoms with van der Waals surface area (Å²) in [4.78, 5) is 6.67. The van der Waals surface area contributed by atoms with E-state index in [2.05, 4.69) is 30.2 Å². The smallest absolute Gasteiger partial charge is 0.245 e. The average molecular weight is 894 g/mol. The van der Waals surface area contributed by atoms with Crippen LogP contribution in [0.2, 0.25) is 0 Å². The van der Waals surface area contributed by atoms with E-state index < -0.39 is 35.9 Å². The zero-order valence-corrected chi connectivity index (χ0v) is 37.2. The number of aromatic nitrogens is 6. The van der Waals surface area contributed by atoms with E-state index in [1.54, 1.807) is 106 Å². The number of anilines is 1. The molecule has 328 valence electrons. The zero-order valence-electron chi connectivity index (χ0n) is 35.5. The first-order chi connectivity index (χ1) is 30.2. The van der Waals surface area contributed by atoms with Crippen molar-refractivity contribution in [3.8, 4) is 39.8 Å². The number of likely N-dealkylation sites (N-methyl/N-ethyl adjacent to an activating group) is 1. The topological polar surface area (TPSA) is 210 Å². The lowest BCUT2D eigenvalue weighted by molar-refractivity contribution is -0.878. The largest absolute Gasteiger partial charge is 0.497 e. The molecule has 0 amide bonds. The second-order valence-electron chi connectivity index (χ2n) is 16.1. The molecule has 1 aliphatic heterocycles. The van der Waals surface area contributed by atoms with E-state index in [0.29, 0.717) is 68.0 Å². The lowest BCUT2D eigenvalue weighted by Gasteiger charge is -2.27. The molecule has 1 fully saturated rings. The molecular weight excluding hydrogens is 845 g/mol. The maximum absolute atomic E-state index is 16.2. The number of sulfonamides is 2. The predicted molar refractivity (Wildman–Crippen MR) is 238 cm³/mol. The maximum Gasteiger partial charge on any atom is 0.245 e. The van der Waals surface area contributed by atoms with Crippen LogP contribution in [0.3, 0.4) is 0 Å². The Bertz CT molecular complexity index is 2920. The number of ether oxygens (including phenoxy) is 3. The van der Waals surface area contributed by atoms with Crippen molar-refractivity contribution in [3.05, 3.63) is 120 Å². The van der Waals surface area contributed by atoms with Gasteiger partial charge in [0.05, 0.1) is 77.7 Å². The first-order valence-corrected chi connectivity index (χ1v) is 23.0. The number of likely N-dealkylation sites (tertiary alicyclic amines) is 1. The molecule has 17 nitrogen and oxygen atoms in total. The summed E-state index contributed by atoms with van der Waals surface area (Å²) in [5.74, 6) is 1.96. The Labute approximate surface area is 366 Å². The van der Waals surface area contributed by atoms with Gasteiger partial charge < -0.3 is 29.4 Å². The number of benzene rings is 5. The number of nitrogens with zero attached hydrogens (tertiary/aromatic N) is 7. The maximum atomic E-state index is 16.2. The van der Waals surface area contributed by atoms with Crippen molar-refractivity contribution in [3.63, 3.8) is 0 Å². The molecule has 0 saturated carbocycles. The highest BCUT2D eigenvalue weighted by atomic mass is 32.2. The summed E-state index contributed by atoms with van der Waals surface area (Å²) < 4.78 is 84.7. The van der Waals surface area contributed by atoms with Crippen LogP contribution < -0.4 is 24.7 Å². The monoisotopic (exact) mass is 893 g/mol. The summed E-state index contributed by atoms with van der Waals surface area (Å²) in [6.45, 7) is 1.04. The molecule has 0 spiro atoms. The molecule has 2 aromatic heterocycles. The molecule has 1 atom stereocenters. The van der Waals surface area contributed by atoms with Crippen LogP contribution in [0.4, 0.5) is 5.95 Å². The summed E-state index contributed by atoms with van der Waals surface area (Å²) in [5, 5.41) is 12.9. The molecule has 4 N–H and O–H groups in total. The number of aromatic amines is 1. The van der Waals surface area contributed by atoms with Crippen molar-refractivity contribution in [1.82, 2.24) is 39.2 Å². The van der Waals surface area contributed by atoms with Crippen LogP contribution in [0, 0.1) is 0 Å². The fourth-order valence-corrected chi connectivity index (χ4v) is 11.7. The summed E-state index contributed by atoms with van der Waals surface area (Å²) in [6, 6.07) is 29.1.